The number of halogens is 2. The van der Waals surface area contributed by atoms with E-state index in [4.69, 9.17) is 0 Å². The molecule has 16 N–H and O–H groups in total. The van der Waals surface area contributed by atoms with Crippen LogP contribution in [0.15, 0.2) is 0 Å². The molecule has 0 saturated heterocycles. The normalized spacial score (nSPS) is 10.8. The van der Waals surface area contributed by atoms with E-state index in [0.29, 0.717) is 0 Å². The average Bonchev–Trinajstić information content (AvgIpc) is 3.05. The van der Waals surface area contributed by atoms with Crippen molar-refractivity contribution >= 4 is 84.8 Å². The van der Waals surface area contributed by atoms with Crippen molar-refractivity contribution in [1.29, 1.82) is 0 Å². The zero-order valence-electron chi connectivity index (χ0n) is 35.9. The third-order valence-corrected chi connectivity index (χ3v) is 18.9. The molecule has 0 aromatic rings. The van der Waals surface area contributed by atoms with Crippen molar-refractivity contribution in [2.75, 3.05) is 90.9 Å². The number of nitrogens with two attached hydrogens (primary N) is 8. The van der Waals surface area contributed by atoms with E-state index >= 15 is 0 Å². The van der Waals surface area contributed by atoms with E-state index in [2.05, 4.69) is 206 Å². The second-order valence-electron chi connectivity index (χ2n) is 11.0. The van der Waals surface area contributed by atoms with E-state index < -0.39 is 15.4 Å². The molecule has 0 aliphatic carbocycles. The summed E-state index contributed by atoms with van der Waals surface area (Å²) in [6, 6.07) is 0. The third-order valence-electron chi connectivity index (χ3n) is 8.26. The van der Waals surface area contributed by atoms with Gasteiger partial charge in [-0.3, -0.25) is 0 Å². The van der Waals surface area contributed by atoms with Crippen molar-refractivity contribution in [3.63, 3.8) is 0 Å². The van der Waals surface area contributed by atoms with Gasteiger partial charge in [0.2, 0.25) is 15.4 Å². The Morgan fingerprint density at radius 1 is 0.315 bits per heavy atom. The fourth-order valence-electron chi connectivity index (χ4n) is 6.63. The molecule has 14 nitrogen and oxygen atoms in total. The first-order valence-corrected chi connectivity index (χ1v) is 24.0. The summed E-state index contributed by atoms with van der Waals surface area (Å²) in [4.78, 5) is 0. The first kappa shape index (κ1) is 69.0. The number of unbranched alkanes of at least 4 members (excludes halogenated alkanes) is 1. The number of thiocarbonyl (C=S) groups is 4. The van der Waals surface area contributed by atoms with Crippen LogP contribution in [-0.4, -0.2) is 139 Å². The van der Waals surface area contributed by atoms with Crippen LogP contribution in [0.4, 0.5) is 0 Å². The van der Waals surface area contributed by atoms with Crippen molar-refractivity contribution in [3.05, 3.63) is 0 Å². The minimum Gasteiger partial charge on any atom is -1.00 e. The summed E-state index contributed by atoms with van der Waals surface area (Å²) in [6.45, 7) is 42.3. The highest BCUT2D eigenvalue weighted by atomic mass is 79.9. The van der Waals surface area contributed by atoms with Gasteiger partial charge in [0.1, 0.15) is 12.3 Å². The van der Waals surface area contributed by atoms with Gasteiger partial charge in [-0.25, -0.2) is 0 Å². The smallest absolute Gasteiger partial charge is 0.227 e. The van der Waals surface area contributed by atoms with Crippen LogP contribution in [0.5, 0.6) is 0 Å². The molecule has 22 heteroatoms. The van der Waals surface area contributed by atoms with E-state index in [1.54, 1.807) is 0 Å². The van der Waals surface area contributed by atoms with Crippen molar-refractivity contribution in [2.24, 2.45) is 45.9 Å². The zero-order chi connectivity index (χ0) is 42.1. The maximum Gasteiger partial charge on any atom is 0.227 e. The van der Waals surface area contributed by atoms with Crippen LogP contribution in [0.1, 0.15) is 95.9 Å². The third kappa shape index (κ3) is 28.7. The Morgan fingerprint density at radius 3 is 0.481 bits per heavy atom. The van der Waals surface area contributed by atoms with Crippen LogP contribution in [-0.2, 0) is 0 Å². The van der Waals surface area contributed by atoms with Gasteiger partial charge in [-0.05, 0) is 145 Å². The molecule has 0 saturated carbocycles. The zero-order valence-corrected chi connectivity index (χ0v) is 44.1. The second-order valence-corrected chi connectivity index (χ2v) is 19.9. The van der Waals surface area contributed by atoms with E-state index in [-0.39, 0.29) is 54.4 Å². The molecule has 0 fully saturated rings. The van der Waals surface area contributed by atoms with E-state index in [9.17, 15) is 0 Å². The highest BCUT2D eigenvalue weighted by molar-refractivity contribution is 7.80. The predicted octanol–water partition coefficient (Wildman–Crippen LogP) is -1.89. The van der Waals surface area contributed by atoms with Gasteiger partial charge in [-0.2, -0.15) is 0 Å². The summed E-state index contributed by atoms with van der Waals surface area (Å²) < 4.78 is 17.1. The molecule has 54 heavy (non-hydrogen) atoms. The first-order valence-electron chi connectivity index (χ1n) is 18.7. The Balaban J connectivity index is -0.000000205. The predicted molar refractivity (Wildman–Crippen MR) is 254 cm³/mol. The van der Waals surface area contributed by atoms with Gasteiger partial charge in [-0.1, -0.05) is 0 Å². The molecule has 0 amide bonds. The Hall–Kier alpha value is 0.340. The second kappa shape index (κ2) is 42.9. The van der Waals surface area contributed by atoms with Gasteiger partial charge in [-0.15, -0.1) is 28.0 Å². The Kier molecular flexibility index (Phi) is 54.8. The Labute approximate surface area is 376 Å². The molecule has 0 heterocycles. The molecule has 0 aromatic carbocycles. The first-order chi connectivity index (χ1) is 24.3. The SMILES string of the molecule is CCN(CC)[P+](CCCC[P+](N(CC)CC)(N(CC)CC)N(CC)CC)(N(CC)CC)N(CC)CC.NC(N)=S.NC(N)=S.NC(N)=S.NC(N)=S.[Br-].[Br-]. The monoisotopic (exact) mass is 1010 g/mol. The summed E-state index contributed by atoms with van der Waals surface area (Å²) in [5.74, 6) is 0. The standard InChI is InChI=1S/C28H68N6P2.4CH4N2S.2BrH/c1-13-29(14-2)35(30(15-3)16-4,31(17-5)18-6)27-25-26-28-36(32(19-7)20-8,33(21-9)22-10)34(23-11)24-12;4*2-1(3)4;;/h13-28H2,1-12H3;4*(H4,2,3,4);2*1H/q+2;;;;;;/p-2. The maximum absolute atomic E-state index is 4.62. The molecule has 0 unspecified atom stereocenters. The lowest BCUT2D eigenvalue weighted by Gasteiger charge is -2.48. The van der Waals surface area contributed by atoms with E-state index in [1.165, 1.54) is 25.2 Å². The van der Waals surface area contributed by atoms with Gasteiger partial charge < -0.3 is 79.8 Å². The van der Waals surface area contributed by atoms with Gasteiger partial charge in [0, 0.05) is 78.5 Å². The van der Waals surface area contributed by atoms with Crippen LogP contribution in [0.3, 0.4) is 0 Å². The van der Waals surface area contributed by atoms with Crippen molar-refractivity contribution in [2.45, 2.75) is 95.9 Å². The maximum atomic E-state index is 4.62. The van der Waals surface area contributed by atoms with Crippen LogP contribution in [0.2, 0.25) is 0 Å². The number of hydrogen-bond donors (Lipinski definition) is 8. The van der Waals surface area contributed by atoms with Gasteiger partial charge >= 0.3 is 0 Å². The number of rotatable bonds is 23. The summed E-state index contributed by atoms with van der Waals surface area (Å²) >= 11 is 16.4. The topological polar surface area (TPSA) is 228 Å². The molecular weight excluding hydrogens is 930 g/mol. The largest absolute Gasteiger partial charge is 1.00 e. The number of nitrogens with zero attached hydrogens (tertiary/aromatic N) is 6. The summed E-state index contributed by atoms with van der Waals surface area (Å²) in [6.07, 6.45) is 5.30. The molecule has 330 valence electrons. The van der Waals surface area contributed by atoms with Crippen molar-refractivity contribution < 1.29 is 34.0 Å². The van der Waals surface area contributed by atoms with Gasteiger partial charge in [0.05, 0.1) is 0 Å². The quantitative estimate of drug-likeness (QED) is 0.0318. The Morgan fingerprint density at radius 2 is 0.407 bits per heavy atom. The van der Waals surface area contributed by atoms with Crippen LogP contribution >= 0.6 is 64.3 Å². The molecule has 0 bridgehead atoms. The molecule has 0 radical (unpaired) electrons. The molecule has 0 atom stereocenters. The van der Waals surface area contributed by atoms with Crippen LogP contribution in [0, 0.1) is 0 Å². The lowest BCUT2D eigenvalue weighted by Crippen LogP contribution is -3.00. The molecule has 0 aromatic heterocycles. The van der Waals surface area contributed by atoms with Gasteiger partial charge in [0.15, 0.2) is 20.4 Å². The van der Waals surface area contributed by atoms with Gasteiger partial charge in [0.25, 0.3) is 0 Å². The van der Waals surface area contributed by atoms with E-state index in [1.807, 2.05) is 0 Å². The van der Waals surface area contributed by atoms with Crippen LogP contribution in [0.25, 0.3) is 0 Å². The fourth-order valence-corrected chi connectivity index (χ4v) is 17.2. The van der Waals surface area contributed by atoms with E-state index in [0.717, 1.165) is 78.5 Å². The molecule has 0 aliphatic heterocycles. The Bertz CT molecular complexity index is 727. The van der Waals surface area contributed by atoms with Crippen molar-refractivity contribution in [1.82, 2.24) is 28.0 Å². The average molecular weight is 1020 g/mol. The molecule has 0 rings (SSSR count). The highest BCUT2D eigenvalue weighted by Gasteiger charge is 2.55. The number of hydrogen-bond acceptors (Lipinski definition) is 10. The molecule has 0 spiro atoms. The highest BCUT2D eigenvalue weighted by Crippen LogP contribution is 2.70. The van der Waals surface area contributed by atoms with Crippen molar-refractivity contribution in [3.8, 4) is 0 Å². The fraction of sp³-hybridized carbons (Fsp3) is 0.875. The molecule has 0 aliphatic rings. The molecular formula is C32H84Br2N14P2S4. The summed E-state index contributed by atoms with van der Waals surface area (Å²) in [7, 11) is -3.10. The lowest BCUT2D eigenvalue weighted by molar-refractivity contribution is -0.00100. The minimum atomic E-state index is -1.55. The summed E-state index contributed by atoms with van der Waals surface area (Å²) in [5, 5.41) is 0.000000000000000888. The summed E-state index contributed by atoms with van der Waals surface area (Å²) in [5.41, 5.74) is 37.0. The minimum absolute atomic E-state index is 0. The van der Waals surface area contributed by atoms with Crippen LogP contribution < -0.4 is 79.8 Å². The lowest BCUT2D eigenvalue weighted by atomic mass is 10.4.